The maximum atomic E-state index is 13.9. The Morgan fingerprint density at radius 1 is 1.33 bits per heavy atom. The van der Waals surface area contributed by atoms with Gasteiger partial charge in [0, 0.05) is 15.5 Å². The molecule has 0 aliphatic heterocycles. The Bertz CT molecular complexity index is 528. The minimum Gasteiger partial charge on any atom is -0.309 e. The van der Waals surface area contributed by atoms with Gasteiger partial charge in [-0.15, -0.1) is 11.3 Å². The molecule has 1 N–H and O–H groups in total. The van der Waals surface area contributed by atoms with E-state index in [4.69, 9.17) is 23.2 Å². The lowest BCUT2D eigenvalue weighted by molar-refractivity contribution is 0.579. The topological polar surface area (TPSA) is 12.0 Å². The van der Waals surface area contributed by atoms with Gasteiger partial charge in [-0.05, 0) is 37.7 Å². The third-order valence-electron chi connectivity index (χ3n) is 2.74. The summed E-state index contributed by atoms with van der Waals surface area (Å²) in [5.41, 5.74) is 1.45. The van der Waals surface area contributed by atoms with Crippen molar-refractivity contribution in [3.05, 3.63) is 55.4 Å². The summed E-state index contributed by atoms with van der Waals surface area (Å²) in [7, 11) is 1.77. The minimum absolute atomic E-state index is 0.283. The first kappa shape index (κ1) is 13.8. The third kappa shape index (κ3) is 2.54. The van der Waals surface area contributed by atoms with Crippen LogP contribution in [-0.4, -0.2) is 7.05 Å². The van der Waals surface area contributed by atoms with Crippen LogP contribution < -0.4 is 5.32 Å². The van der Waals surface area contributed by atoms with Crippen LogP contribution in [0.3, 0.4) is 0 Å². The monoisotopic (exact) mass is 303 g/mol. The molecule has 0 saturated heterocycles. The van der Waals surface area contributed by atoms with Crippen molar-refractivity contribution in [1.29, 1.82) is 0 Å². The molecule has 1 unspecified atom stereocenters. The van der Waals surface area contributed by atoms with Crippen LogP contribution in [0.4, 0.5) is 4.39 Å². The number of hydrogen-bond donors (Lipinski definition) is 1. The fraction of sp³-hybridized carbons (Fsp3) is 0.231. The Kier molecular flexibility index (Phi) is 4.28. The fourth-order valence-corrected chi connectivity index (χ4v) is 3.45. The maximum Gasteiger partial charge on any atom is 0.129 e. The highest BCUT2D eigenvalue weighted by atomic mass is 35.5. The summed E-state index contributed by atoms with van der Waals surface area (Å²) in [4.78, 5) is 0.951. The Hall–Kier alpha value is -0.610. The number of halogens is 3. The summed E-state index contributed by atoms with van der Waals surface area (Å²) < 4.78 is 14.6. The molecule has 0 spiro atoms. The van der Waals surface area contributed by atoms with Crippen LogP contribution in [0.5, 0.6) is 0 Å². The summed E-state index contributed by atoms with van der Waals surface area (Å²) >= 11 is 13.6. The molecule has 1 aromatic carbocycles. The zero-order valence-electron chi connectivity index (χ0n) is 9.93. The first-order chi connectivity index (χ1) is 8.54. The predicted octanol–water partition coefficient (Wildman–Crippen LogP) is 4.81. The fourth-order valence-electron chi connectivity index (χ4n) is 1.84. The van der Waals surface area contributed by atoms with Gasteiger partial charge < -0.3 is 5.32 Å². The molecule has 18 heavy (non-hydrogen) atoms. The molecule has 1 aromatic heterocycles. The van der Waals surface area contributed by atoms with E-state index in [1.54, 1.807) is 19.2 Å². The summed E-state index contributed by atoms with van der Waals surface area (Å²) in [5.74, 6) is -0.316. The smallest absolute Gasteiger partial charge is 0.129 e. The lowest BCUT2D eigenvalue weighted by Crippen LogP contribution is -2.18. The van der Waals surface area contributed by atoms with Crippen LogP contribution in [0.25, 0.3) is 0 Å². The Labute approximate surface area is 120 Å². The van der Waals surface area contributed by atoms with Gasteiger partial charge in [-0.2, -0.15) is 0 Å². The van der Waals surface area contributed by atoms with E-state index in [0.29, 0.717) is 10.6 Å². The molecule has 0 bridgehead atoms. The van der Waals surface area contributed by atoms with E-state index >= 15 is 0 Å². The van der Waals surface area contributed by atoms with Crippen molar-refractivity contribution >= 4 is 34.5 Å². The van der Waals surface area contributed by atoms with E-state index in [-0.39, 0.29) is 11.9 Å². The first-order valence-corrected chi connectivity index (χ1v) is 6.99. The first-order valence-electron chi connectivity index (χ1n) is 5.41. The number of nitrogens with one attached hydrogen (secondary N) is 1. The second-order valence-electron chi connectivity index (χ2n) is 3.96. The third-order valence-corrected chi connectivity index (χ3v) is 4.69. The van der Waals surface area contributed by atoms with E-state index in [9.17, 15) is 4.39 Å². The van der Waals surface area contributed by atoms with Crippen molar-refractivity contribution in [2.75, 3.05) is 7.05 Å². The van der Waals surface area contributed by atoms with Gasteiger partial charge in [0.05, 0.1) is 10.4 Å². The van der Waals surface area contributed by atoms with Gasteiger partial charge in [0.2, 0.25) is 0 Å². The second kappa shape index (κ2) is 5.57. The molecule has 96 valence electrons. The quantitative estimate of drug-likeness (QED) is 0.858. The SMILES string of the molecule is CNC(c1cc(C)c(Cl)s1)c1c(F)cccc1Cl. The Morgan fingerprint density at radius 3 is 2.56 bits per heavy atom. The van der Waals surface area contributed by atoms with Crippen LogP contribution in [0.2, 0.25) is 9.36 Å². The molecule has 0 radical (unpaired) electrons. The molecule has 2 aromatic rings. The molecular weight excluding hydrogens is 292 g/mol. The van der Waals surface area contributed by atoms with Crippen molar-refractivity contribution in [2.24, 2.45) is 0 Å². The van der Waals surface area contributed by atoms with Gasteiger partial charge in [0.15, 0.2) is 0 Å². The van der Waals surface area contributed by atoms with Crippen LogP contribution in [0.1, 0.15) is 22.0 Å². The van der Waals surface area contributed by atoms with Crippen LogP contribution in [0, 0.1) is 12.7 Å². The number of thiophene rings is 1. The van der Waals surface area contributed by atoms with Crippen LogP contribution in [-0.2, 0) is 0 Å². The summed E-state index contributed by atoms with van der Waals surface area (Å²) in [6, 6.07) is 6.37. The van der Waals surface area contributed by atoms with Gasteiger partial charge >= 0.3 is 0 Å². The van der Waals surface area contributed by atoms with Crippen molar-refractivity contribution in [3.8, 4) is 0 Å². The van der Waals surface area contributed by atoms with E-state index in [0.717, 1.165) is 14.8 Å². The predicted molar refractivity (Wildman–Crippen MR) is 76.4 cm³/mol. The van der Waals surface area contributed by atoms with Crippen molar-refractivity contribution < 1.29 is 4.39 Å². The molecule has 0 fully saturated rings. The standard InChI is InChI=1S/C13H12Cl2FNS/c1-7-6-10(18-13(7)15)12(17-2)11-8(14)4-3-5-9(11)16/h3-6,12,17H,1-2H3. The second-order valence-corrected chi connectivity index (χ2v) is 6.06. The summed E-state index contributed by atoms with van der Waals surface area (Å²) in [6.45, 7) is 1.93. The normalized spacial score (nSPS) is 12.7. The molecule has 5 heteroatoms. The summed E-state index contributed by atoms with van der Waals surface area (Å²) in [5, 5.41) is 3.50. The molecule has 0 aliphatic carbocycles. The van der Waals surface area contributed by atoms with Gasteiger partial charge in [-0.1, -0.05) is 29.3 Å². The van der Waals surface area contributed by atoms with Crippen molar-refractivity contribution in [1.82, 2.24) is 5.32 Å². The van der Waals surface area contributed by atoms with E-state index < -0.39 is 0 Å². The molecular formula is C13H12Cl2FNS. The van der Waals surface area contributed by atoms with Gasteiger partial charge in [-0.3, -0.25) is 0 Å². The zero-order chi connectivity index (χ0) is 13.3. The number of rotatable bonds is 3. The Morgan fingerprint density at radius 2 is 2.06 bits per heavy atom. The van der Waals surface area contributed by atoms with E-state index in [1.807, 2.05) is 13.0 Å². The number of hydrogen-bond acceptors (Lipinski definition) is 2. The largest absolute Gasteiger partial charge is 0.309 e. The molecule has 0 aliphatic rings. The molecule has 2 rings (SSSR count). The average molecular weight is 304 g/mol. The molecule has 0 amide bonds. The van der Waals surface area contributed by atoms with Crippen molar-refractivity contribution in [3.63, 3.8) is 0 Å². The highest BCUT2D eigenvalue weighted by molar-refractivity contribution is 7.16. The van der Waals surface area contributed by atoms with Crippen LogP contribution >= 0.6 is 34.5 Å². The van der Waals surface area contributed by atoms with Crippen molar-refractivity contribution in [2.45, 2.75) is 13.0 Å². The highest BCUT2D eigenvalue weighted by Gasteiger charge is 2.21. The average Bonchev–Trinajstić information content (AvgIpc) is 2.64. The Balaban J connectivity index is 2.52. The van der Waals surface area contributed by atoms with Gasteiger partial charge in [0.25, 0.3) is 0 Å². The lowest BCUT2D eigenvalue weighted by atomic mass is 10.0. The summed E-state index contributed by atoms with van der Waals surface area (Å²) in [6.07, 6.45) is 0. The minimum atomic E-state index is -0.316. The molecule has 1 heterocycles. The van der Waals surface area contributed by atoms with E-state index in [1.165, 1.54) is 17.4 Å². The highest BCUT2D eigenvalue weighted by Crippen LogP contribution is 2.37. The van der Waals surface area contributed by atoms with Gasteiger partial charge in [0.1, 0.15) is 5.82 Å². The molecule has 0 saturated carbocycles. The molecule has 1 nitrogen and oxygen atoms in total. The van der Waals surface area contributed by atoms with Gasteiger partial charge in [-0.25, -0.2) is 4.39 Å². The molecule has 1 atom stereocenters. The maximum absolute atomic E-state index is 13.9. The van der Waals surface area contributed by atoms with E-state index in [2.05, 4.69) is 5.32 Å². The zero-order valence-corrected chi connectivity index (χ0v) is 12.3. The lowest BCUT2D eigenvalue weighted by Gasteiger charge is -2.17. The van der Waals surface area contributed by atoms with Crippen LogP contribution in [0.15, 0.2) is 24.3 Å². The number of aryl methyl sites for hydroxylation is 1. The number of benzene rings is 1.